The summed E-state index contributed by atoms with van der Waals surface area (Å²) < 4.78 is 40.5. The molecule has 0 unspecified atom stereocenters. The summed E-state index contributed by atoms with van der Waals surface area (Å²) in [6, 6.07) is 28.0. The van der Waals surface area contributed by atoms with E-state index in [9.17, 15) is 4.79 Å². The number of rotatable bonds is 21. The van der Waals surface area contributed by atoms with Crippen molar-refractivity contribution >= 4 is 38.3 Å². The lowest BCUT2D eigenvalue weighted by atomic mass is 9.75. The number of carbonyl (C=O) groups excluding carboxylic acids is 1. The molecule has 0 amide bonds. The number of halogens is 1. The van der Waals surface area contributed by atoms with Crippen molar-refractivity contribution < 1.29 is 32.6 Å². The van der Waals surface area contributed by atoms with E-state index in [4.69, 9.17) is 27.8 Å². The fourth-order valence-electron chi connectivity index (χ4n) is 5.66. The first-order chi connectivity index (χ1) is 25.1. The molecule has 0 aliphatic heterocycles. The standard InChI is InChI=1S/C44H67BrO7Si2/c1-42(2,3)53(10,11)51-32-38(48-29-33-20-16-14-17-21-33)40(50-31-35-24-26-36(47-9)27-25-35)44(7,8)41(52-54(12,13)43(4,5)6)39(37(46)28-45)49-30-34-22-18-15-19-23-34/h14-27,38-41H,28-32H2,1-13H3/t38-,39-,40-,41-/m0/s1. The first-order valence-electron chi connectivity index (χ1n) is 19.1. The third-order valence-electron chi connectivity index (χ3n) is 11.3. The average Bonchev–Trinajstić information content (AvgIpc) is 3.11. The summed E-state index contributed by atoms with van der Waals surface area (Å²) in [5.41, 5.74) is 2.18. The van der Waals surface area contributed by atoms with E-state index in [1.165, 1.54) is 0 Å². The van der Waals surface area contributed by atoms with Crippen molar-refractivity contribution in [2.24, 2.45) is 5.41 Å². The number of benzene rings is 3. The number of Topliss-reactive ketones (excluding diaryl/α,β-unsaturated/α-hetero) is 1. The van der Waals surface area contributed by atoms with E-state index >= 15 is 0 Å². The normalized spacial score (nSPS) is 15.4. The lowest BCUT2D eigenvalue weighted by Crippen LogP contribution is -2.61. The molecular formula is C44H67BrO7Si2. The van der Waals surface area contributed by atoms with Gasteiger partial charge in [-0.25, -0.2) is 0 Å². The number of hydrogen-bond donors (Lipinski definition) is 0. The van der Waals surface area contributed by atoms with Gasteiger partial charge in [0.15, 0.2) is 22.4 Å². The van der Waals surface area contributed by atoms with Crippen molar-refractivity contribution in [1.29, 1.82) is 0 Å². The van der Waals surface area contributed by atoms with E-state index in [1.54, 1.807) is 7.11 Å². The van der Waals surface area contributed by atoms with Gasteiger partial charge < -0.3 is 27.8 Å². The number of ether oxygens (including phenoxy) is 4. The van der Waals surface area contributed by atoms with E-state index in [0.717, 1.165) is 22.4 Å². The number of hydrogen-bond acceptors (Lipinski definition) is 7. The van der Waals surface area contributed by atoms with Crippen LogP contribution in [-0.2, 0) is 47.7 Å². The molecule has 7 nitrogen and oxygen atoms in total. The highest BCUT2D eigenvalue weighted by atomic mass is 79.9. The number of alkyl halides is 1. The van der Waals surface area contributed by atoms with Gasteiger partial charge in [0.1, 0.15) is 18.0 Å². The molecule has 4 atom stereocenters. The van der Waals surface area contributed by atoms with Crippen molar-refractivity contribution in [2.75, 3.05) is 19.0 Å². The largest absolute Gasteiger partial charge is 0.497 e. The van der Waals surface area contributed by atoms with Crippen LogP contribution in [0.1, 0.15) is 72.1 Å². The van der Waals surface area contributed by atoms with Crippen LogP contribution in [0.5, 0.6) is 5.75 Å². The van der Waals surface area contributed by atoms with Gasteiger partial charge in [-0.15, -0.1) is 0 Å². The third kappa shape index (κ3) is 12.9. The molecule has 0 aromatic heterocycles. The zero-order chi connectivity index (χ0) is 40.4. The monoisotopic (exact) mass is 842 g/mol. The zero-order valence-corrected chi connectivity index (χ0v) is 38.7. The van der Waals surface area contributed by atoms with Crippen molar-refractivity contribution in [1.82, 2.24) is 0 Å². The molecule has 0 bridgehead atoms. The molecule has 54 heavy (non-hydrogen) atoms. The number of carbonyl (C=O) groups is 1. The summed E-state index contributed by atoms with van der Waals surface area (Å²) in [6.45, 7) is 27.8. The first kappa shape index (κ1) is 46.2. The van der Waals surface area contributed by atoms with Crippen LogP contribution in [0.15, 0.2) is 84.9 Å². The molecule has 0 aliphatic rings. The van der Waals surface area contributed by atoms with Crippen LogP contribution in [-0.4, -0.2) is 65.9 Å². The molecule has 300 valence electrons. The third-order valence-corrected chi connectivity index (χ3v) is 20.8. The van der Waals surface area contributed by atoms with Gasteiger partial charge in [0, 0.05) is 5.41 Å². The molecule has 0 fully saturated rings. The number of methoxy groups -OCH3 is 1. The first-order valence-corrected chi connectivity index (χ1v) is 26.0. The summed E-state index contributed by atoms with van der Waals surface area (Å²) in [6.07, 6.45) is -2.69. The Labute approximate surface area is 337 Å². The Hall–Kier alpha value is -2.16. The topological polar surface area (TPSA) is 72.5 Å². The molecule has 3 aromatic carbocycles. The van der Waals surface area contributed by atoms with Crippen LogP contribution in [0.4, 0.5) is 0 Å². The van der Waals surface area contributed by atoms with Crippen LogP contribution in [0, 0.1) is 5.41 Å². The Kier molecular flexibility index (Phi) is 17.0. The molecule has 0 saturated carbocycles. The molecule has 0 aliphatic carbocycles. The highest BCUT2D eigenvalue weighted by Gasteiger charge is 2.53. The van der Waals surface area contributed by atoms with Gasteiger partial charge in [-0.05, 0) is 65.1 Å². The Bertz CT molecular complexity index is 1550. The second kappa shape index (κ2) is 19.8. The van der Waals surface area contributed by atoms with Crippen molar-refractivity contribution in [3.05, 3.63) is 102 Å². The van der Waals surface area contributed by atoms with Crippen molar-refractivity contribution in [3.8, 4) is 5.75 Å². The van der Waals surface area contributed by atoms with Gasteiger partial charge in [-0.3, -0.25) is 4.79 Å². The molecular weight excluding hydrogens is 777 g/mol. The summed E-state index contributed by atoms with van der Waals surface area (Å²) in [4.78, 5) is 14.1. The average molecular weight is 844 g/mol. The summed E-state index contributed by atoms with van der Waals surface area (Å²) in [7, 11) is -3.07. The molecule has 0 heterocycles. The minimum Gasteiger partial charge on any atom is -0.497 e. The van der Waals surface area contributed by atoms with E-state index in [0.29, 0.717) is 19.8 Å². The van der Waals surface area contributed by atoms with Crippen LogP contribution in [0.25, 0.3) is 0 Å². The van der Waals surface area contributed by atoms with Gasteiger partial charge >= 0.3 is 0 Å². The SMILES string of the molecule is COc1ccc(CO[C@@H]([C@H](CO[Si](C)(C)C(C)(C)C)OCc2ccccc2)C(C)(C)[C@@H](O[Si](C)(C)C(C)(C)C)[C@@H](OCc2ccccc2)C(=O)CBr)cc1. The molecule has 0 saturated heterocycles. The lowest BCUT2D eigenvalue weighted by Gasteiger charge is -2.50. The smallest absolute Gasteiger partial charge is 0.192 e. The lowest BCUT2D eigenvalue weighted by molar-refractivity contribution is -0.189. The second-order valence-electron chi connectivity index (χ2n) is 17.9. The maximum absolute atomic E-state index is 14.1. The Morgan fingerprint density at radius 2 is 1.09 bits per heavy atom. The summed E-state index contributed by atoms with van der Waals surface area (Å²) in [5.74, 6) is 0.688. The predicted molar refractivity (Wildman–Crippen MR) is 229 cm³/mol. The minimum absolute atomic E-state index is 0.0153. The Morgan fingerprint density at radius 1 is 0.630 bits per heavy atom. The van der Waals surface area contributed by atoms with Crippen LogP contribution in [0.2, 0.25) is 36.3 Å². The van der Waals surface area contributed by atoms with Gasteiger partial charge in [0.05, 0.1) is 51.1 Å². The maximum Gasteiger partial charge on any atom is 0.192 e. The molecule has 3 aromatic rings. The molecule has 0 spiro atoms. The second-order valence-corrected chi connectivity index (χ2v) is 28.0. The van der Waals surface area contributed by atoms with Crippen LogP contribution < -0.4 is 4.74 Å². The summed E-state index contributed by atoms with van der Waals surface area (Å²) in [5, 5.41) is -0.0326. The van der Waals surface area contributed by atoms with E-state index in [1.807, 2.05) is 72.8 Å². The number of ketones is 1. The highest BCUT2D eigenvalue weighted by molar-refractivity contribution is 9.09. The zero-order valence-electron chi connectivity index (χ0n) is 35.2. The Morgan fingerprint density at radius 3 is 1.56 bits per heavy atom. The van der Waals surface area contributed by atoms with Gasteiger partial charge in [0.2, 0.25) is 0 Å². The molecule has 0 N–H and O–H groups in total. The van der Waals surface area contributed by atoms with E-state index in [2.05, 4.69) is 110 Å². The summed E-state index contributed by atoms with van der Waals surface area (Å²) >= 11 is 3.50. The van der Waals surface area contributed by atoms with E-state index < -0.39 is 46.5 Å². The van der Waals surface area contributed by atoms with Crippen LogP contribution >= 0.6 is 15.9 Å². The Balaban J connectivity index is 2.22. The van der Waals surface area contributed by atoms with Crippen molar-refractivity contribution in [3.63, 3.8) is 0 Å². The predicted octanol–water partition coefficient (Wildman–Crippen LogP) is 11.2. The minimum atomic E-state index is -2.51. The van der Waals surface area contributed by atoms with Crippen LogP contribution in [0.3, 0.4) is 0 Å². The molecule has 10 heteroatoms. The van der Waals surface area contributed by atoms with Gasteiger partial charge in [0.25, 0.3) is 0 Å². The van der Waals surface area contributed by atoms with Crippen molar-refractivity contribution in [2.45, 2.75) is 136 Å². The van der Waals surface area contributed by atoms with E-state index in [-0.39, 0.29) is 27.8 Å². The van der Waals surface area contributed by atoms with Gasteiger partial charge in [-0.1, -0.05) is 144 Å². The molecule has 3 rings (SSSR count). The highest BCUT2D eigenvalue weighted by Crippen LogP contribution is 2.44. The fourth-order valence-corrected chi connectivity index (χ4v) is 8.41. The fraction of sp³-hybridized carbons (Fsp3) is 0.568. The maximum atomic E-state index is 14.1. The molecule has 0 radical (unpaired) electrons. The van der Waals surface area contributed by atoms with Gasteiger partial charge in [-0.2, -0.15) is 0 Å². The quantitative estimate of drug-likeness (QED) is 0.0781.